The third kappa shape index (κ3) is 3.33. The summed E-state index contributed by atoms with van der Waals surface area (Å²) >= 11 is 0. The van der Waals surface area contributed by atoms with Gasteiger partial charge in [0.2, 0.25) is 0 Å². The van der Waals surface area contributed by atoms with Crippen LogP contribution in [-0.2, 0) is 0 Å². The summed E-state index contributed by atoms with van der Waals surface area (Å²) in [5.74, 6) is 3.12. The molecule has 26 heavy (non-hydrogen) atoms. The molecular weight excluding hydrogens is 328 g/mol. The van der Waals surface area contributed by atoms with Gasteiger partial charge in [-0.15, -0.1) is 0 Å². The minimum Gasteiger partial charge on any atom is -0.495 e. The fourth-order valence-corrected chi connectivity index (χ4v) is 3.84. The maximum Gasteiger partial charge on any atom is 0.142 e. The SMILES string of the molecule is COc1ccccc1N1CCN(c2cc(C3CC(O)C3)nc(C)n2)CC1. The van der Waals surface area contributed by atoms with E-state index in [2.05, 4.69) is 38.0 Å². The lowest BCUT2D eigenvalue weighted by molar-refractivity contribution is 0.0731. The Labute approximate surface area is 154 Å². The summed E-state index contributed by atoms with van der Waals surface area (Å²) < 4.78 is 5.50. The lowest BCUT2D eigenvalue weighted by Crippen LogP contribution is -2.47. The molecule has 1 aromatic carbocycles. The topological polar surface area (TPSA) is 61.7 Å². The van der Waals surface area contributed by atoms with Crippen molar-refractivity contribution in [3.8, 4) is 5.75 Å². The maximum atomic E-state index is 9.58. The van der Waals surface area contributed by atoms with Crippen molar-refractivity contribution in [3.63, 3.8) is 0 Å². The normalized spacial score (nSPS) is 22.9. The Morgan fingerprint density at radius 2 is 1.73 bits per heavy atom. The van der Waals surface area contributed by atoms with E-state index >= 15 is 0 Å². The van der Waals surface area contributed by atoms with E-state index in [1.54, 1.807) is 7.11 Å². The zero-order valence-corrected chi connectivity index (χ0v) is 15.4. The van der Waals surface area contributed by atoms with Gasteiger partial charge in [0, 0.05) is 43.9 Å². The predicted octanol–water partition coefficient (Wildman–Crippen LogP) is 2.36. The zero-order valence-electron chi connectivity index (χ0n) is 15.4. The lowest BCUT2D eigenvalue weighted by Gasteiger charge is -2.38. The molecule has 1 aliphatic carbocycles. The molecule has 0 spiro atoms. The van der Waals surface area contributed by atoms with E-state index in [1.807, 2.05) is 19.1 Å². The Bertz CT molecular complexity index is 768. The summed E-state index contributed by atoms with van der Waals surface area (Å²) in [4.78, 5) is 14.0. The highest BCUT2D eigenvalue weighted by molar-refractivity contribution is 5.59. The van der Waals surface area contributed by atoms with Crippen molar-refractivity contribution < 1.29 is 9.84 Å². The van der Waals surface area contributed by atoms with Crippen LogP contribution in [0.3, 0.4) is 0 Å². The molecule has 6 heteroatoms. The van der Waals surface area contributed by atoms with Crippen LogP contribution in [-0.4, -0.2) is 54.5 Å². The third-order valence-corrected chi connectivity index (χ3v) is 5.41. The molecule has 1 aliphatic heterocycles. The van der Waals surface area contributed by atoms with Gasteiger partial charge in [-0.2, -0.15) is 0 Å². The van der Waals surface area contributed by atoms with E-state index < -0.39 is 0 Å². The van der Waals surface area contributed by atoms with Crippen molar-refractivity contribution in [2.75, 3.05) is 43.1 Å². The highest BCUT2D eigenvalue weighted by atomic mass is 16.5. The standard InChI is InChI=1S/C20H26N4O2/c1-14-21-17(15-11-16(25)12-15)13-20(22-14)24-9-7-23(8-10-24)18-5-3-4-6-19(18)26-2/h3-6,13,15-16,25H,7-12H2,1-2H3. The van der Waals surface area contributed by atoms with Gasteiger partial charge in [0.15, 0.2) is 0 Å². The number of aliphatic hydroxyl groups is 1. The number of piperazine rings is 1. The summed E-state index contributed by atoms with van der Waals surface area (Å²) in [5, 5.41) is 9.58. The highest BCUT2D eigenvalue weighted by Crippen LogP contribution is 2.37. The Morgan fingerprint density at radius 1 is 1.04 bits per heavy atom. The van der Waals surface area contributed by atoms with Gasteiger partial charge >= 0.3 is 0 Å². The molecule has 4 rings (SSSR count). The zero-order chi connectivity index (χ0) is 18.1. The van der Waals surface area contributed by atoms with E-state index in [4.69, 9.17) is 4.74 Å². The molecule has 6 nitrogen and oxygen atoms in total. The van der Waals surface area contributed by atoms with Gasteiger partial charge in [-0.25, -0.2) is 9.97 Å². The van der Waals surface area contributed by atoms with Crippen LogP contribution < -0.4 is 14.5 Å². The molecule has 2 heterocycles. The van der Waals surface area contributed by atoms with Gasteiger partial charge < -0.3 is 19.6 Å². The van der Waals surface area contributed by atoms with Crippen LogP contribution in [0.15, 0.2) is 30.3 Å². The lowest BCUT2D eigenvalue weighted by atomic mass is 9.80. The van der Waals surface area contributed by atoms with E-state index in [9.17, 15) is 5.11 Å². The first-order chi connectivity index (χ1) is 12.6. The Morgan fingerprint density at radius 3 is 2.42 bits per heavy atom. The van der Waals surface area contributed by atoms with E-state index in [-0.39, 0.29) is 6.10 Å². The van der Waals surface area contributed by atoms with Crippen LogP contribution in [0.5, 0.6) is 5.75 Å². The number of hydrogen-bond donors (Lipinski definition) is 1. The van der Waals surface area contributed by atoms with Crippen molar-refractivity contribution >= 4 is 11.5 Å². The summed E-state index contributed by atoms with van der Waals surface area (Å²) in [6.07, 6.45) is 1.47. The number of ether oxygens (including phenoxy) is 1. The van der Waals surface area contributed by atoms with Crippen molar-refractivity contribution in [1.82, 2.24) is 9.97 Å². The number of methoxy groups -OCH3 is 1. The van der Waals surface area contributed by atoms with E-state index in [0.717, 1.165) is 67.8 Å². The minimum absolute atomic E-state index is 0.164. The van der Waals surface area contributed by atoms with Gasteiger partial charge in [0.25, 0.3) is 0 Å². The molecule has 0 atom stereocenters. The summed E-state index contributed by atoms with van der Waals surface area (Å²) in [5.41, 5.74) is 2.22. The van der Waals surface area contributed by atoms with Gasteiger partial charge in [-0.1, -0.05) is 12.1 Å². The number of rotatable bonds is 4. The van der Waals surface area contributed by atoms with Crippen LogP contribution >= 0.6 is 0 Å². The fraction of sp³-hybridized carbons (Fsp3) is 0.500. The number of hydrogen-bond acceptors (Lipinski definition) is 6. The Kier molecular flexibility index (Phi) is 4.68. The summed E-state index contributed by atoms with van der Waals surface area (Å²) in [7, 11) is 1.72. The quantitative estimate of drug-likeness (QED) is 0.909. The number of anilines is 2. The molecule has 0 bridgehead atoms. The van der Waals surface area contributed by atoms with Crippen LogP contribution in [0.1, 0.15) is 30.3 Å². The molecule has 1 N–H and O–H groups in total. The first-order valence-electron chi connectivity index (χ1n) is 9.30. The Balaban J connectivity index is 1.46. The number of aromatic nitrogens is 2. The van der Waals surface area contributed by atoms with Crippen LogP contribution in [0.4, 0.5) is 11.5 Å². The number of benzene rings is 1. The smallest absolute Gasteiger partial charge is 0.142 e. The van der Waals surface area contributed by atoms with Crippen molar-refractivity contribution in [2.24, 2.45) is 0 Å². The molecule has 1 saturated carbocycles. The summed E-state index contributed by atoms with van der Waals surface area (Å²) in [6.45, 7) is 5.65. The average molecular weight is 354 g/mol. The largest absolute Gasteiger partial charge is 0.495 e. The maximum absolute atomic E-state index is 9.58. The molecular formula is C20H26N4O2. The monoisotopic (exact) mass is 354 g/mol. The van der Waals surface area contributed by atoms with E-state index in [0.29, 0.717) is 5.92 Å². The first kappa shape index (κ1) is 17.1. The first-order valence-corrected chi connectivity index (χ1v) is 9.30. The highest BCUT2D eigenvalue weighted by Gasteiger charge is 2.31. The van der Waals surface area contributed by atoms with Crippen LogP contribution in [0.25, 0.3) is 0 Å². The minimum atomic E-state index is -0.164. The number of para-hydroxylation sites is 2. The third-order valence-electron chi connectivity index (χ3n) is 5.41. The molecule has 0 amide bonds. The molecule has 138 valence electrons. The van der Waals surface area contributed by atoms with Gasteiger partial charge in [0.05, 0.1) is 18.9 Å². The molecule has 0 unspecified atom stereocenters. The molecule has 1 saturated heterocycles. The second-order valence-corrected chi connectivity index (χ2v) is 7.17. The number of aryl methyl sites for hydroxylation is 1. The van der Waals surface area contributed by atoms with Crippen LogP contribution in [0, 0.1) is 6.92 Å². The molecule has 2 aromatic rings. The van der Waals surface area contributed by atoms with Crippen LogP contribution in [0.2, 0.25) is 0 Å². The van der Waals surface area contributed by atoms with Gasteiger partial charge in [-0.05, 0) is 31.9 Å². The molecule has 0 radical (unpaired) electrons. The van der Waals surface area contributed by atoms with Crippen molar-refractivity contribution in [2.45, 2.75) is 31.8 Å². The number of nitrogens with zero attached hydrogens (tertiary/aromatic N) is 4. The van der Waals surface area contributed by atoms with Gasteiger partial charge in [-0.3, -0.25) is 0 Å². The second kappa shape index (κ2) is 7.11. The molecule has 1 aromatic heterocycles. The number of aliphatic hydroxyl groups excluding tert-OH is 1. The van der Waals surface area contributed by atoms with E-state index in [1.165, 1.54) is 0 Å². The second-order valence-electron chi connectivity index (χ2n) is 7.17. The average Bonchev–Trinajstić information content (AvgIpc) is 2.65. The van der Waals surface area contributed by atoms with Crippen molar-refractivity contribution in [1.29, 1.82) is 0 Å². The summed E-state index contributed by atoms with van der Waals surface area (Å²) in [6, 6.07) is 10.3. The fourth-order valence-electron chi connectivity index (χ4n) is 3.84. The van der Waals surface area contributed by atoms with Crippen molar-refractivity contribution in [3.05, 3.63) is 41.9 Å². The predicted molar refractivity (Wildman–Crippen MR) is 102 cm³/mol. The molecule has 2 fully saturated rings. The Hall–Kier alpha value is -2.34. The molecule has 2 aliphatic rings. The van der Waals surface area contributed by atoms with Gasteiger partial charge in [0.1, 0.15) is 17.4 Å².